The third-order valence-corrected chi connectivity index (χ3v) is 3.52. The molecule has 19 heavy (non-hydrogen) atoms. The number of carbonyl (C=O) groups is 1. The van der Waals surface area contributed by atoms with Crippen LogP contribution in [0.1, 0.15) is 10.4 Å². The van der Waals surface area contributed by atoms with E-state index in [0.717, 1.165) is 3.57 Å². The van der Waals surface area contributed by atoms with Crippen LogP contribution in [0, 0.1) is 3.57 Å². The Kier molecular flexibility index (Phi) is 7.11. The highest BCUT2D eigenvalue weighted by Crippen LogP contribution is 2.21. The van der Waals surface area contributed by atoms with Crippen LogP contribution in [-0.2, 0) is 9.47 Å². The van der Waals surface area contributed by atoms with Crippen LogP contribution in [0.25, 0.3) is 0 Å². The molecule has 0 aliphatic heterocycles. The fraction of sp³-hybridized carbons (Fsp3) is 0.462. The summed E-state index contributed by atoms with van der Waals surface area (Å²) in [7, 11) is 3.19. The van der Waals surface area contributed by atoms with E-state index >= 15 is 0 Å². The number of nitrogens with zero attached hydrogens (tertiary/aromatic N) is 1. The Balaban J connectivity index is 2.81. The van der Waals surface area contributed by atoms with Crippen LogP contribution < -0.4 is 0 Å². The van der Waals surface area contributed by atoms with Gasteiger partial charge in [0.2, 0.25) is 0 Å². The van der Waals surface area contributed by atoms with Gasteiger partial charge in [-0.05, 0) is 40.8 Å². The summed E-state index contributed by atoms with van der Waals surface area (Å²) in [6.45, 7) is 1.91. The van der Waals surface area contributed by atoms with Gasteiger partial charge in [-0.25, -0.2) is 0 Å². The molecule has 1 aromatic carbocycles. The van der Waals surface area contributed by atoms with Gasteiger partial charge in [0.25, 0.3) is 5.91 Å². The number of aromatic hydroxyl groups is 1. The van der Waals surface area contributed by atoms with E-state index in [9.17, 15) is 9.90 Å². The first-order valence-electron chi connectivity index (χ1n) is 5.85. The summed E-state index contributed by atoms with van der Waals surface area (Å²) in [5, 5.41) is 9.66. The average molecular weight is 379 g/mol. The van der Waals surface area contributed by atoms with Crippen molar-refractivity contribution < 1.29 is 19.4 Å². The van der Waals surface area contributed by atoms with Crippen LogP contribution in [0.3, 0.4) is 0 Å². The van der Waals surface area contributed by atoms with Gasteiger partial charge in [0.05, 0.1) is 16.8 Å². The maximum absolute atomic E-state index is 12.3. The number of hydrogen-bond donors (Lipinski definition) is 1. The molecule has 0 heterocycles. The van der Waals surface area contributed by atoms with Crippen molar-refractivity contribution in [2.75, 3.05) is 40.5 Å². The number of ether oxygens (including phenoxy) is 2. The largest absolute Gasteiger partial charge is 0.507 e. The summed E-state index contributed by atoms with van der Waals surface area (Å²) in [6.07, 6.45) is 0. The molecule has 106 valence electrons. The standard InChI is InChI=1S/C13H18INO4/c1-18-7-5-15(6-8-19-2)13(17)10-3-4-11(14)12(16)9-10/h3-4,9,16H,5-8H2,1-2H3. The summed E-state index contributed by atoms with van der Waals surface area (Å²) >= 11 is 2.01. The number of amides is 1. The topological polar surface area (TPSA) is 59.0 Å². The van der Waals surface area contributed by atoms with Gasteiger partial charge < -0.3 is 19.5 Å². The van der Waals surface area contributed by atoms with Crippen molar-refractivity contribution in [1.29, 1.82) is 0 Å². The molecule has 1 aromatic rings. The van der Waals surface area contributed by atoms with E-state index in [1.165, 1.54) is 6.07 Å². The molecular weight excluding hydrogens is 361 g/mol. The van der Waals surface area contributed by atoms with Crippen molar-refractivity contribution in [2.24, 2.45) is 0 Å². The van der Waals surface area contributed by atoms with Crippen LogP contribution in [0.2, 0.25) is 0 Å². The van der Waals surface area contributed by atoms with Gasteiger partial charge in [-0.1, -0.05) is 0 Å². The Bertz CT molecular complexity index is 417. The van der Waals surface area contributed by atoms with E-state index in [-0.39, 0.29) is 11.7 Å². The van der Waals surface area contributed by atoms with E-state index < -0.39 is 0 Å². The summed E-state index contributed by atoms with van der Waals surface area (Å²) in [4.78, 5) is 14.0. The highest BCUT2D eigenvalue weighted by Gasteiger charge is 2.16. The quantitative estimate of drug-likeness (QED) is 0.734. The zero-order chi connectivity index (χ0) is 14.3. The number of phenolic OH excluding ortho intramolecular Hbond substituents is 1. The molecule has 0 unspecified atom stereocenters. The normalized spacial score (nSPS) is 10.5. The Morgan fingerprint density at radius 3 is 2.32 bits per heavy atom. The predicted octanol–water partition coefficient (Wildman–Crippen LogP) is 1.73. The van der Waals surface area contributed by atoms with E-state index in [2.05, 4.69) is 0 Å². The third kappa shape index (κ3) is 4.96. The number of methoxy groups -OCH3 is 2. The van der Waals surface area contributed by atoms with E-state index in [1.807, 2.05) is 22.6 Å². The first kappa shape index (κ1) is 16.2. The van der Waals surface area contributed by atoms with Crippen LogP contribution in [0.4, 0.5) is 0 Å². The maximum atomic E-state index is 12.3. The van der Waals surface area contributed by atoms with Gasteiger partial charge in [0.1, 0.15) is 5.75 Å². The van der Waals surface area contributed by atoms with E-state index in [1.54, 1.807) is 31.3 Å². The first-order chi connectivity index (χ1) is 9.10. The number of phenols is 1. The van der Waals surface area contributed by atoms with Crippen molar-refractivity contribution in [3.05, 3.63) is 27.3 Å². The summed E-state index contributed by atoms with van der Waals surface area (Å²) in [5.74, 6) is -0.0225. The number of benzene rings is 1. The molecule has 5 nitrogen and oxygen atoms in total. The molecular formula is C13H18INO4. The number of rotatable bonds is 7. The van der Waals surface area contributed by atoms with Gasteiger partial charge in [-0.15, -0.1) is 0 Å². The summed E-state index contributed by atoms with van der Waals surface area (Å²) in [5.41, 5.74) is 0.463. The van der Waals surface area contributed by atoms with Gasteiger partial charge in [-0.3, -0.25) is 4.79 Å². The minimum absolute atomic E-state index is 0.116. The lowest BCUT2D eigenvalue weighted by molar-refractivity contribution is 0.0627. The monoisotopic (exact) mass is 379 g/mol. The van der Waals surface area contributed by atoms with Crippen LogP contribution in [-0.4, -0.2) is 56.4 Å². The van der Waals surface area contributed by atoms with Crippen molar-refractivity contribution in [3.63, 3.8) is 0 Å². The molecule has 0 fully saturated rings. The minimum Gasteiger partial charge on any atom is -0.507 e. The fourth-order valence-electron chi connectivity index (χ4n) is 1.55. The fourth-order valence-corrected chi connectivity index (χ4v) is 1.88. The lowest BCUT2D eigenvalue weighted by Gasteiger charge is -2.22. The van der Waals surface area contributed by atoms with Crippen molar-refractivity contribution in [2.45, 2.75) is 0 Å². The predicted molar refractivity (Wildman–Crippen MR) is 80.5 cm³/mol. The zero-order valence-corrected chi connectivity index (χ0v) is 13.2. The molecule has 0 bridgehead atoms. The van der Waals surface area contributed by atoms with Gasteiger partial charge in [0, 0.05) is 32.9 Å². The molecule has 0 aliphatic rings. The smallest absolute Gasteiger partial charge is 0.254 e. The Labute approximate surface area is 126 Å². The average Bonchev–Trinajstić information content (AvgIpc) is 2.41. The summed E-state index contributed by atoms with van der Waals surface area (Å²) < 4.78 is 10.7. The number of halogens is 1. The van der Waals surface area contributed by atoms with Crippen LogP contribution in [0.5, 0.6) is 5.75 Å². The van der Waals surface area contributed by atoms with Crippen molar-refractivity contribution in [3.8, 4) is 5.75 Å². The molecule has 0 radical (unpaired) electrons. The van der Waals surface area contributed by atoms with Crippen LogP contribution >= 0.6 is 22.6 Å². The lowest BCUT2D eigenvalue weighted by Crippen LogP contribution is -2.36. The highest BCUT2D eigenvalue weighted by atomic mass is 127. The first-order valence-corrected chi connectivity index (χ1v) is 6.93. The molecule has 1 amide bonds. The number of hydrogen-bond acceptors (Lipinski definition) is 4. The van der Waals surface area contributed by atoms with Gasteiger partial charge >= 0.3 is 0 Å². The van der Waals surface area contributed by atoms with Crippen LogP contribution in [0.15, 0.2) is 18.2 Å². The molecule has 6 heteroatoms. The molecule has 0 saturated carbocycles. The molecule has 0 aromatic heterocycles. The lowest BCUT2D eigenvalue weighted by atomic mass is 10.2. The second kappa shape index (κ2) is 8.34. The van der Waals surface area contributed by atoms with E-state index in [4.69, 9.17) is 9.47 Å². The Morgan fingerprint density at radius 2 is 1.84 bits per heavy atom. The Morgan fingerprint density at radius 1 is 1.26 bits per heavy atom. The molecule has 1 rings (SSSR count). The second-order valence-electron chi connectivity index (χ2n) is 3.94. The van der Waals surface area contributed by atoms with Gasteiger partial charge in [-0.2, -0.15) is 0 Å². The highest BCUT2D eigenvalue weighted by molar-refractivity contribution is 14.1. The van der Waals surface area contributed by atoms with Crippen molar-refractivity contribution in [1.82, 2.24) is 4.90 Å². The molecule has 1 N–H and O–H groups in total. The number of carbonyl (C=O) groups excluding carboxylic acids is 1. The SMILES string of the molecule is COCCN(CCOC)C(=O)c1ccc(I)c(O)c1. The maximum Gasteiger partial charge on any atom is 0.254 e. The molecule has 0 spiro atoms. The molecule has 0 atom stereocenters. The minimum atomic E-state index is -0.138. The molecule has 0 saturated heterocycles. The van der Waals surface area contributed by atoms with Gasteiger partial charge in [0.15, 0.2) is 0 Å². The van der Waals surface area contributed by atoms with E-state index in [0.29, 0.717) is 31.9 Å². The Hall–Kier alpha value is -0.860. The summed E-state index contributed by atoms with van der Waals surface area (Å²) in [6, 6.07) is 4.90. The second-order valence-corrected chi connectivity index (χ2v) is 5.11. The third-order valence-electron chi connectivity index (χ3n) is 2.61. The zero-order valence-electron chi connectivity index (χ0n) is 11.1. The molecule has 0 aliphatic carbocycles. The van der Waals surface area contributed by atoms with Crippen molar-refractivity contribution >= 4 is 28.5 Å².